The number of hydrogen-bond acceptors (Lipinski definition) is 2. The molecule has 1 heterocycles. The zero-order valence-electron chi connectivity index (χ0n) is 11.1. The maximum atomic E-state index is 12.5. The number of benzene rings is 1. The summed E-state index contributed by atoms with van der Waals surface area (Å²) in [5, 5.41) is 0.501. The molecule has 108 valence electrons. The largest absolute Gasteiger partial charge is 0.376 e. The summed E-state index contributed by atoms with van der Waals surface area (Å²) >= 11 is 9.50. The normalized spacial score (nSPS) is 22.3. The van der Waals surface area contributed by atoms with Gasteiger partial charge in [-0.05, 0) is 43.4 Å². The highest BCUT2D eigenvalue weighted by atomic mass is 79.9. The molecule has 3 nitrogen and oxygen atoms in total. The molecular weight excluding hydrogens is 342 g/mol. The Bertz CT molecular complexity index is 519. The second-order valence-corrected chi connectivity index (χ2v) is 6.89. The minimum atomic E-state index is -0.00572. The van der Waals surface area contributed by atoms with Crippen LogP contribution < -0.4 is 0 Å². The van der Waals surface area contributed by atoms with Crippen molar-refractivity contribution in [2.45, 2.75) is 25.4 Å². The molecule has 0 spiro atoms. The molecule has 3 rings (SSSR count). The van der Waals surface area contributed by atoms with Gasteiger partial charge in [-0.25, -0.2) is 0 Å². The molecule has 1 aliphatic heterocycles. The Hall–Kier alpha value is -0.580. The Morgan fingerprint density at radius 3 is 2.95 bits per heavy atom. The molecule has 0 radical (unpaired) electrons. The van der Waals surface area contributed by atoms with Crippen molar-refractivity contribution in [1.82, 2.24) is 4.90 Å². The molecule has 5 heteroatoms. The Labute approximate surface area is 132 Å². The van der Waals surface area contributed by atoms with E-state index in [1.54, 1.807) is 12.1 Å². The number of amides is 1. The lowest BCUT2D eigenvalue weighted by molar-refractivity contribution is 0.0480. The van der Waals surface area contributed by atoms with Crippen LogP contribution in [-0.2, 0) is 4.74 Å². The van der Waals surface area contributed by atoms with Crippen LogP contribution in [-0.4, -0.2) is 36.6 Å². The van der Waals surface area contributed by atoms with E-state index < -0.39 is 0 Å². The van der Waals surface area contributed by atoms with Crippen molar-refractivity contribution in [2.75, 3.05) is 19.7 Å². The van der Waals surface area contributed by atoms with Gasteiger partial charge in [0.05, 0.1) is 16.7 Å². The predicted octanol–water partition coefficient (Wildman–Crippen LogP) is 3.74. The minimum absolute atomic E-state index is 0.00572. The fraction of sp³-hybridized carbons (Fsp3) is 0.533. The van der Waals surface area contributed by atoms with Gasteiger partial charge in [0.25, 0.3) is 5.91 Å². The Morgan fingerprint density at radius 2 is 2.20 bits per heavy atom. The van der Waals surface area contributed by atoms with Crippen molar-refractivity contribution in [3.05, 3.63) is 33.3 Å². The molecule has 2 aliphatic rings. The molecule has 1 unspecified atom stereocenters. The lowest BCUT2D eigenvalue weighted by atomic mass is 10.2. The van der Waals surface area contributed by atoms with E-state index in [4.69, 9.17) is 16.3 Å². The van der Waals surface area contributed by atoms with Crippen molar-refractivity contribution >= 4 is 33.4 Å². The number of hydrogen-bond donors (Lipinski definition) is 0. The first-order chi connectivity index (χ1) is 9.63. The Kier molecular flexibility index (Phi) is 4.34. The quantitative estimate of drug-likeness (QED) is 0.820. The third kappa shape index (κ3) is 3.35. The molecule has 0 N–H and O–H groups in total. The monoisotopic (exact) mass is 357 g/mol. The zero-order chi connectivity index (χ0) is 14.1. The Morgan fingerprint density at radius 1 is 1.40 bits per heavy atom. The lowest BCUT2D eigenvalue weighted by Crippen LogP contribution is -2.30. The molecular formula is C15H17BrClNO2. The van der Waals surface area contributed by atoms with Crippen LogP contribution in [0.4, 0.5) is 0 Å². The summed E-state index contributed by atoms with van der Waals surface area (Å²) in [4.78, 5) is 14.3. The number of carbonyl (C=O) groups is 1. The summed E-state index contributed by atoms with van der Waals surface area (Å²) in [5.41, 5.74) is 0.559. The summed E-state index contributed by atoms with van der Waals surface area (Å²) in [5.74, 6) is 0.757. The number of ether oxygens (including phenoxy) is 1. The van der Waals surface area contributed by atoms with Gasteiger partial charge in [-0.1, -0.05) is 27.5 Å². The number of likely N-dealkylation sites (tertiary alicyclic amines) is 1. The van der Waals surface area contributed by atoms with Crippen LogP contribution in [0.3, 0.4) is 0 Å². The van der Waals surface area contributed by atoms with Crippen molar-refractivity contribution in [1.29, 1.82) is 0 Å². The standard InChI is InChI=1S/C15H17BrClNO2/c16-11-3-4-14(17)13(7-11)15(19)18-6-5-12(8-18)20-9-10-1-2-10/h3-4,7,10,12H,1-2,5-6,8-9H2. The molecule has 1 amide bonds. The molecule has 0 aromatic heterocycles. The molecule has 1 saturated carbocycles. The van der Waals surface area contributed by atoms with Gasteiger partial charge >= 0.3 is 0 Å². The minimum Gasteiger partial charge on any atom is -0.376 e. The van der Waals surface area contributed by atoms with Crippen LogP contribution in [0.15, 0.2) is 22.7 Å². The second kappa shape index (κ2) is 6.04. The van der Waals surface area contributed by atoms with E-state index in [-0.39, 0.29) is 12.0 Å². The van der Waals surface area contributed by atoms with Crippen molar-refractivity contribution in [3.63, 3.8) is 0 Å². The first-order valence-corrected chi connectivity index (χ1v) is 8.16. The van der Waals surface area contributed by atoms with E-state index in [1.165, 1.54) is 12.8 Å². The van der Waals surface area contributed by atoms with Gasteiger partial charge in [0.1, 0.15) is 0 Å². The topological polar surface area (TPSA) is 29.5 Å². The highest BCUT2D eigenvalue weighted by Crippen LogP contribution is 2.30. The predicted molar refractivity (Wildman–Crippen MR) is 82.1 cm³/mol. The van der Waals surface area contributed by atoms with E-state index in [0.717, 1.165) is 30.0 Å². The molecule has 0 bridgehead atoms. The number of nitrogens with zero attached hydrogens (tertiary/aromatic N) is 1. The highest BCUT2D eigenvalue weighted by Gasteiger charge is 2.30. The van der Waals surface area contributed by atoms with Crippen LogP contribution in [0.1, 0.15) is 29.6 Å². The van der Waals surface area contributed by atoms with Crippen molar-refractivity contribution in [3.8, 4) is 0 Å². The Balaban J connectivity index is 1.61. The highest BCUT2D eigenvalue weighted by molar-refractivity contribution is 9.10. The van der Waals surface area contributed by atoms with E-state index in [9.17, 15) is 4.79 Å². The fourth-order valence-corrected chi connectivity index (χ4v) is 3.00. The molecule has 1 saturated heterocycles. The zero-order valence-corrected chi connectivity index (χ0v) is 13.5. The summed E-state index contributed by atoms with van der Waals surface area (Å²) in [6.45, 7) is 2.27. The van der Waals surface area contributed by atoms with Crippen LogP contribution >= 0.6 is 27.5 Å². The first-order valence-electron chi connectivity index (χ1n) is 6.99. The molecule has 20 heavy (non-hydrogen) atoms. The smallest absolute Gasteiger partial charge is 0.255 e. The van der Waals surface area contributed by atoms with Gasteiger partial charge in [-0.2, -0.15) is 0 Å². The molecule has 2 fully saturated rings. The van der Waals surface area contributed by atoms with Crippen LogP contribution in [0.25, 0.3) is 0 Å². The third-order valence-corrected chi connectivity index (χ3v) is 4.68. The van der Waals surface area contributed by atoms with Crippen LogP contribution in [0.5, 0.6) is 0 Å². The summed E-state index contributed by atoms with van der Waals surface area (Å²) < 4.78 is 6.73. The SMILES string of the molecule is O=C(c1cc(Br)ccc1Cl)N1CCC(OCC2CC2)C1. The number of halogens is 2. The fourth-order valence-electron chi connectivity index (χ4n) is 2.44. The van der Waals surface area contributed by atoms with Crippen molar-refractivity contribution < 1.29 is 9.53 Å². The van der Waals surface area contributed by atoms with Crippen LogP contribution in [0.2, 0.25) is 5.02 Å². The van der Waals surface area contributed by atoms with E-state index in [0.29, 0.717) is 17.1 Å². The number of carbonyl (C=O) groups excluding carboxylic acids is 1. The van der Waals surface area contributed by atoms with Gasteiger partial charge < -0.3 is 9.64 Å². The average molecular weight is 359 g/mol. The lowest BCUT2D eigenvalue weighted by Gasteiger charge is -2.17. The summed E-state index contributed by atoms with van der Waals surface area (Å²) in [6, 6.07) is 5.36. The van der Waals surface area contributed by atoms with E-state index in [1.807, 2.05) is 11.0 Å². The third-order valence-electron chi connectivity index (χ3n) is 3.86. The van der Waals surface area contributed by atoms with Gasteiger partial charge in [0.15, 0.2) is 0 Å². The van der Waals surface area contributed by atoms with Crippen molar-refractivity contribution in [2.24, 2.45) is 5.92 Å². The average Bonchev–Trinajstić information content (AvgIpc) is 3.15. The van der Waals surface area contributed by atoms with E-state index >= 15 is 0 Å². The maximum absolute atomic E-state index is 12.5. The maximum Gasteiger partial charge on any atom is 0.255 e. The van der Waals surface area contributed by atoms with Gasteiger partial charge in [-0.15, -0.1) is 0 Å². The van der Waals surface area contributed by atoms with Gasteiger partial charge in [-0.3, -0.25) is 4.79 Å². The molecule has 1 aromatic rings. The first kappa shape index (κ1) is 14.4. The molecule has 1 atom stereocenters. The van der Waals surface area contributed by atoms with Gasteiger partial charge in [0.2, 0.25) is 0 Å². The molecule has 1 aromatic carbocycles. The second-order valence-electron chi connectivity index (χ2n) is 5.56. The van der Waals surface area contributed by atoms with Crippen LogP contribution in [0, 0.1) is 5.92 Å². The summed E-state index contributed by atoms with van der Waals surface area (Å²) in [7, 11) is 0. The van der Waals surface area contributed by atoms with E-state index in [2.05, 4.69) is 15.9 Å². The van der Waals surface area contributed by atoms with Gasteiger partial charge in [0, 0.05) is 24.2 Å². The molecule has 1 aliphatic carbocycles. The summed E-state index contributed by atoms with van der Waals surface area (Å²) in [6.07, 6.45) is 3.70. The number of rotatable bonds is 4.